The lowest BCUT2D eigenvalue weighted by atomic mass is 10.1. The van der Waals surface area contributed by atoms with Crippen LogP contribution in [-0.2, 0) is 16.0 Å². The average Bonchev–Trinajstić information content (AvgIpc) is 2.55. The Morgan fingerprint density at radius 2 is 1.88 bits per heavy atom. The predicted molar refractivity (Wildman–Crippen MR) is 92.4 cm³/mol. The van der Waals surface area contributed by atoms with E-state index < -0.39 is 5.82 Å². The van der Waals surface area contributed by atoms with Crippen molar-refractivity contribution in [2.45, 2.75) is 13.3 Å². The Bertz CT molecular complexity index is 722. The fourth-order valence-electron chi connectivity index (χ4n) is 2.20. The van der Waals surface area contributed by atoms with Crippen LogP contribution in [0.4, 0.5) is 10.1 Å². The van der Waals surface area contributed by atoms with Crippen LogP contribution in [0.5, 0.6) is 0 Å². The largest absolute Gasteiger partial charge is 0.333 e. The molecular formula is C18H18ClFN2O2. The summed E-state index contributed by atoms with van der Waals surface area (Å²) in [6, 6.07) is 13.6. The van der Waals surface area contributed by atoms with Crippen molar-refractivity contribution in [1.82, 2.24) is 4.90 Å². The van der Waals surface area contributed by atoms with Crippen molar-refractivity contribution in [3.05, 3.63) is 64.9 Å². The molecule has 0 bridgehead atoms. The highest BCUT2D eigenvalue weighted by atomic mass is 35.5. The van der Waals surface area contributed by atoms with E-state index in [0.717, 1.165) is 5.56 Å². The van der Waals surface area contributed by atoms with E-state index in [9.17, 15) is 14.0 Å². The van der Waals surface area contributed by atoms with Gasteiger partial charge in [0, 0.05) is 19.2 Å². The highest BCUT2D eigenvalue weighted by Crippen LogP contribution is 2.19. The first-order valence-corrected chi connectivity index (χ1v) is 7.88. The van der Waals surface area contributed by atoms with Crippen molar-refractivity contribution in [3.63, 3.8) is 0 Å². The second-order valence-corrected chi connectivity index (χ2v) is 5.76. The molecule has 2 rings (SSSR count). The molecule has 4 nitrogen and oxygen atoms in total. The van der Waals surface area contributed by atoms with Crippen LogP contribution in [0.15, 0.2) is 48.5 Å². The lowest BCUT2D eigenvalue weighted by Gasteiger charge is -2.20. The van der Waals surface area contributed by atoms with Gasteiger partial charge in [0.1, 0.15) is 5.82 Å². The maximum Gasteiger partial charge on any atom is 0.243 e. The monoisotopic (exact) mass is 348 g/mol. The number of anilines is 1. The summed E-state index contributed by atoms with van der Waals surface area (Å²) < 4.78 is 13.1. The summed E-state index contributed by atoms with van der Waals surface area (Å²) in [5, 5.41) is 2.54. The topological polar surface area (TPSA) is 49.4 Å². The van der Waals surface area contributed by atoms with Gasteiger partial charge in [0.15, 0.2) is 0 Å². The van der Waals surface area contributed by atoms with Crippen LogP contribution in [0, 0.1) is 5.82 Å². The number of nitrogens with zero attached hydrogens (tertiary/aromatic N) is 1. The highest BCUT2D eigenvalue weighted by molar-refractivity contribution is 6.31. The van der Waals surface area contributed by atoms with Gasteiger partial charge in [-0.1, -0.05) is 41.9 Å². The minimum absolute atomic E-state index is 0.0692. The van der Waals surface area contributed by atoms with Gasteiger partial charge in [-0.2, -0.15) is 0 Å². The van der Waals surface area contributed by atoms with Crippen LogP contribution in [-0.4, -0.2) is 29.8 Å². The number of carbonyl (C=O) groups excluding carboxylic acids is 2. The Kier molecular flexibility index (Phi) is 6.32. The Morgan fingerprint density at radius 3 is 2.50 bits per heavy atom. The Morgan fingerprint density at radius 1 is 1.17 bits per heavy atom. The third-order valence-corrected chi connectivity index (χ3v) is 3.79. The molecule has 0 aliphatic heterocycles. The van der Waals surface area contributed by atoms with Crippen molar-refractivity contribution in [3.8, 4) is 0 Å². The van der Waals surface area contributed by atoms with Crippen molar-refractivity contribution in [2.75, 3.05) is 18.4 Å². The Labute approximate surface area is 145 Å². The van der Waals surface area contributed by atoms with E-state index in [1.54, 1.807) is 0 Å². The summed E-state index contributed by atoms with van der Waals surface area (Å²) >= 11 is 5.68. The third kappa shape index (κ3) is 5.35. The zero-order chi connectivity index (χ0) is 17.5. The molecule has 0 fully saturated rings. The summed E-state index contributed by atoms with van der Waals surface area (Å²) in [6.07, 6.45) is 0.663. The van der Waals surface area contributed by atoms with E-state index in [1.807, 2.05) is 30.3 Å². The Balaban J connectivity index is 1.92. The second kappa shape index (κ2) is 8.45. The molecular weight excluding hydrogens is 331 g/mol. The molecule has 0 saturated carbocycles. The van der Waals surface area contributed by atoms with Crippen LogP contribution in [0.25, 0.3) is 0 Å². The molecule has 0 unspecified atom stereocenters. The number of carbonyl (C=O) groups is 2. The smallest absolute Gasteiger partial charge is 0.243 e. The number of halogens is 2. The number of rotatable bonds is 6. The molecule has 0 aliphatic rings. The van der Waals surface area contributed by atoms with Crippen LogP contribution < -0.4 is 5.32 Å². The van der Waals surface area contributed by atoms with Crippen molar-refractivity contribution >= 4 is 29.1 Å². The van der Waals surface area contributed by atoms with E-state index in [2.05, 4.69) is 5.32 Å². The predicted octanol–water partition coefficient (Wildman–Crippen LogP) is 3.51. The van der Waals surface area contributed by atoms with Gasteiger partial charge in [-0.3, -0.25) is 9.59 Å². The molecule has 0 atom stereocenters. The minimum Gasteiger partial charge on any atom is -0.333 e. The van der Waals surface area contributed by atoms with Crippen LogP contribution in [0.1, 0.15) is 12.5 Å². The first-order valence-electron chi connectivity index (χ1n) is 7.50. The van der Waals surface area contributed by atoms with E-state index >= 15 is 0 Å². The molecule has 2 amide bonds. The van der Waals surface area contributed by atoms with Crippen molar-refractivity contribution in [1.29, 1.82) is 0 Å². The van der Waals surface area contributed by atoms with Gasteiger partial charge in [0.05, 0.1) is 11.6 Å². The average molecular weight is 349 g/mol. The maximum atomic E-state index is 13.1. The van der Waals surface area contributed by atoms with Gasteiger partial charge in [0.25, 0.3) is 0 Å². The van der Waals surface area contributed by atoms with E-state index in [1.165, 1.54) is 30.0 Å². The Hall–Kier alpha value is -2.40. The molecule has 6 heteroatoms. The van der Waals surface area contributed by atoms with E-state index in [0.29, 0.717) is 18.7 Å². The minimum atomic E-state index is -0.553. The first-order chi connectivity index (χ1) is 11.5. The molecule has 0 heterocycles. The summed E-state index contributed by atoms with van der Waals surface area (Å²) in [6.45, 7) is 1.79. The lowest BCUT2D eigenvalue weighted by Crippen LogP contribution is -2.38. The number of benzene rings is 2. The fraction of sp³-hybridized carbons (Fsp3) is 0.222. The molecule has 0 aliphatic carbocycles. The van der Waals surface area contributed by atoms with Gasteiger partial charge < -0.3 is 10.2 Å². The number of hydrogen-bond acceptors (Lipinski definition) is 2. The fourth-order valence-corrected chi connectivity index (χ4v) is 2.38. The standard InChI is InChI=1S/C18H18ClFN2O2/c1-13(23)22(10-9-14-5-3-2-4-6-14)12-18(24)21-15-7-8-17(20)16(19)11-15/h2-8,11H,9-10,12H2,1H3,(H,21,24). The van der Waals surface area contributed by atoms with E-state index in [4.69, 9.17) is 11.6 Å². The molecule has 24 heavy (non-hydrogen) atoms. The van der Waals surface area contributed by atoms with Crippen LogP contribution >= 0.6 is 11.6 Å². The molecule has 0 spiro atoms. The molecule has 126 valence electrons. The summed E-state index contributed by atoms with van der Waals surface area (Å²) in [5.74, 6) is -1.10. The molecule has 0 aromatic heterocycles. The molecule has 2 aromatic rings. The SMILES string of the molecule is CC(=O)N(CCc1ccccc1)CC(=O)Nc1ccc(F)c(Cl)c1. The van der Waals surface area contributed by atoms with Crippen LogP contribution in [0.3, 0.4) is 0 Å². The second-order valence-electron chi connectivity index (χ2n) is 5.35. The van der Waals surface area contributed by atoms with Crippen LogP contribution in [0.2, 0.25) is 5.02 Å². The lowest BCUT2D eigenvalue weighted by molar-refractivity contribution is -0.132. The highest BCUT2D eigenvalue weighted by Gasteiger charge is 2.14. The van der Waals surface area contributed by atoms with Gasteiger partial charge in [-0.05, 0) is 30.2 Å². The molecule has 2 aromatic carbocycles. The number of nitrogens with one attached hydrogen (secondary N) is 1. The summed E-state index contributed by atoms with van der Waals surface area (Å²) in [7, 11) is 0. The first kappa shape index (κ1) is 17.9. The van der Waals surface area contributed by atoms with Gasteiger partial charge >= 0.3 is 0 Å². The molecule has 0 radical (unpaired) electrons. The number of hydrogen-bond donors (Lipinski definition) is 1. The summed E-state index contributed by atoms with van der Waals surface area (Å²) in [4.78, 5) is 25.3. The molecule has 0 saturated heterocycles. The number of amides is 2. The van der Waals surface area contributed by atoms with Gasteiger partial charge in [0.2, 0.25) is 11.8 Å². The van der Waals surface area contributed by atoms with Gasteiger partial charge in [-0.15, -0.1) is 0 Å². The van der Waals surface area contributed by atoms with Crippen molar-refractivity contribution in [2.24, 2.45) is 0 Å². The quantitative estimate of drug-likeness (QED) is 0.868. The zero-order valence-corrected chi connectivity index (χ0v) is 14.0. The van der Waals surface area contributed by atoms with Crippen molar-refractivity contribution < 1.29 is 14.0 Å². The third-order valence-electron chi connectivity index (χ3n) is 3.50. The zero-order valence-electron chi connectivity index (χ0n) is 13.3. The maximum absolute atomic E-state index is 13.1. The summed E-state index contributed by atoms with van der Waals surface area (Å²) in [5.41, 5.74) is 1.48. The normalized spacial score (nSPS) is 10.3. The molecule has 1 N–H and O–H groups in total. The van der Waals surface area contributed by atoms with Gasteiger partial charge in [-0.25, -0.2) is 4.39 Å². The van der Waals surface area contributed by atoms with E-state index in [-0.39, 0.29) is 23.4 Å².